The molecule has 0 bridgehead atoms. The monoisotopic (exact) mass is 238 g/mol. The molecule has 0 aromatic carbocycles. The average molecular weight is 238 g/mol. The number of carbonyl (C=O) groups excluding carboxylic acids is 1. The van der Waals surface area contributed by atoms with Crippen molar-refractivity contribution >= 4 is 5.91 Å². The quantitative estimate of drug-likeness (QED) is 0.724. The number of rotatable bonds is 2. The zero-order chi connectivity index (χ0) is 12.1. The van der Waals surface area contributed by atoms with Crippen LogP contribution in [0.15, 0.2) is 0 Å². The van der Waals surface area contributed by atoms with E-state index < -0.39 is 0 Å². The first-order valence-electron chi connectivity index (χ1n) is 7.29. The second-order valence-electron chi connectivity index (χ2n) is 5.82. The van der Waals surface area contributed by atoms with Gasteiger partial charge < -0.3 is 10.6 Å². The molecular weight excluding hydrogens is 212 g/mol. The predicted octanol–water partition coefficient (Wildman–Crippen LogP) is 2.21. The summed E-state index contributed by atoms with van der Waals surface area (Å²) in [5.74, 6) is 1.08. The summed E-state index contributed by atoms with van der Waals surface area (Å²) >= 11 is 0. The molecule has 1 aliphatic heterocycles. The van der Waals surface area contributed by atoms with E-state index in [1.165, 1.54) is 44.9 Å². The van der Waals surface area contributed by atoms with E-state index in [1.54, 1.807) is 0 Å². The van der Waals surface area contributed by atoms with Crippen LogP contribution >= 0.6 is 0 Å². The van der Waals surface area contributed by atoms with Gasteiger partial charge in [0.15, 0.2) is 0 Å². The standard InChI is InChI=1S/C14H26N2O/c1-11-5-4-6-12(9-8-11)16-14(17)13-7-2-3-10-15-13/h11-13,15H,2-10H2,1H3,(H,16,17). The molecular formula is C14H26N2O. The minimum absolute atomic E-state index is 0.0735. The van der Waals surface area contributed by atoms with Crippen LogP contribution in [0.5, 0.6) is 0 Å². The Kier molecular flexibility index (Phi) is 4.84. The first-order valence-corrected chi connectivity index (χ1v) is 7.29. The molecule has 3 unspecified atom stereocenters. The van der Waals surface area contributed by atoms with Crippen LogP contribution in [0.2, 0.25) is 0 Å². The van der Waals surface area contributed by atoms with E-state index in [1.807, 2.05) is 0 Å². The Bertz CT molecular complexity index is 249. The number of hydrogen-bond donors (Lipinski definition) is 2. The van der Waals surface area contributed by atoms with Gasteiger partial charge in [-0.1, -0.05) is 26.2 Å². The zero-order valence-electron chi connectivity index (χ0n) is 11.0. The van der Waals surface area contributed by atoms with E-state index in [2.05, 4.69) is 17.6 Å². The van der Waals surface area contributed by atoms with E-state index in [4.69, 9.17) is 0 Å². The van der Waals surface area contributed by atoms with Gasteiger partial charge in [0.2, 0.25) is 5.91 Å². The van der Waals surface area contributed by atoms with Gasteiger partial charge in [-0.15, -0.1) is 0 Å². The predicted molar refractivity (Wildman–Crippen MR) is 69.8 cm³/mol. The third kappa shape index (κ3) is 3.98. The fourth-order valence-electron chi connectivity index (χ4n) is 3.01. The molecule has 2 rings (SSSR count). The molecule has 1 saturated carbocycles. The van der Waals surface area contributed by atoms with Crippen molar-refractivity contribution in [3.05, 3.63) is 0 Å². The first-order chi connectivity index (χ1) is 8.25. The van der Waals surface area contributed by atoms with Crippen molar-refractivity contribution in [3.8, 4) is 0 Å². The molecule has 1 heterocycles. The molecule has 3 atom stereocenters. The van der Waals surface area contributed by atoms with Crippen LogP contribution in [0.25, 0.3) is 0 Å². The summed E-state index contributed by atoms with van der Waals surface area (Å²) in [6.45, 7) is 3.33. The maximum atomic E-state index is 12.1. The number of nitrogens with one attached hydrogen (secondary N) is 2. The normalized spacial score (nSPS) is 35.0. The van der Waals surface area contributed by atoms with Crippen LogP contribution in [0.1, 0.15) is 58.3 Å². The lowest BCUT2D eigenvalue weighted by molar-refractivity contribution is -0.124. The smallest absolute Gasteiger partial charge is 0.237 e. The molecule has 0 spiro atoms. The Morgan fingerprint density at radius 3 is 2.71 bits per heavy atom. The molecule has 2 N–H and O–H groups in total. The van der Waals surface area contributed by atoms with Gasteiger partial charge in [-0.3, -0.25) is 4.79 Å². The van der Waals surface area contributed by atoms with Crippen molar-refractivity contribution in [2.45, 2.75) is 70.4 Å². The maximum Gasteiger partial charge on any atom is 0.237 e. The van der Waals surface area contributed by atoms with Crippen molar-refractivity contribution < 1.29 is 4.79 Å². The molecule has 3 nitrogen and oxygen atoms in total. The number of carbonyl (C=O) groups is 1. The minimum atomic E-state index is 0.0735. The summed E-state index contributed by atoms with van der Waals surface area (Å²) in [7, 11) is 0. The molecule has 0 aromatic heterocycles. The fraction of sp³-hybridized carbons (Fsp3) is 0.929. The topological polar surface area (TPSA) is 41.1 Å². The Balaban J connectivity index is 1.76. The van der Waals surface area contributed by atoms with Gasteiger partial charge in [0, 0.05) is 6.04 Å². The second kappa shape index (κ2) is 6.39. The average Bonchev–Trinajstić information content (AvgIpc) is 2.56. The SMILES string of the molecule is CC1CCCC(NC(=O)C2CCCCN2)CC1. The van der Waals surface area contributed by atoms with E-state index in [0.29, 0.717) is 6.04 Å². The van der Waals surface area contributed by atoms with Crippen LogP contribution in [0.3, 0.4) is 0 Å². The molecule has 3 heteroatoms. The summed E-state index contributed by atoms with van der Waals surface area (Å²) < 4.78 is 0. The van der Waals surface area contributed by atoms with Gasteiger partial charge in [0.1, 0.15) is 0 Å². The highest BCUT2D eigenvalue weighted by Crippen LogP contribution is 2.22. The summed E-state index contributed by atoms with van der Waals surface area (Å²) in [6, 6.07) is 0.501. The summed E-state index contributed by atoms with van der Waals surface area (Å²) in [5, 5.41) is 6.57. The minimum Gasteiger partial charge on any atom is -0.352 e. The molecule has 1 amide bonds. The van der Waals surface area contributed by atoms with Crippen molar-refractivity contribution in [1.82, 2.24) is 10.6 Å². The summed E-state index contributed by atoms with van der Waals surface area (Å²) in [4.78, 5) is 12.1. The molecule has 0 radical (unpaired) electrons. The largest absolute Gasteiger partial charge is 0.352 e. The van der Waals surface area contributed by atoms with Gasteiger partial charge in [-0.2, -0.15) is 0 Å². The lowest BCUT2D eigenvalue weighted by Gasteiger charge is -2.25. The third-order valence-electron chi connectivity index (χ3n) is 4.23. The van der Waals surface area contributed by atoms with Crippen LogP contribution < -0.4 is 10.6 Å². The maximum absolute atomic E-state index is 12.1. The van der Waals surface area contributed by atoms with E-state index in [9.17, 15) is 4.79 Å². The van der Waals surface area contributed by atoms with Crippen LogP contribution in [0.4, 0.5) is 0 Å². The Morgan fingerprint density at radius 1 is 1.06 bits per heavy atom. The second-order valence-corrected chi connectivity index (χ2v) is 5.82. The van der Waals surface area contributed by atoms with Crippen LogP contribution in [-0.4, -0.2) is 24.5 Å². The molecule has 0 aromatic rings. The fourth-order valence-corrected chi connectivity index (χ4v) is 3.01. The van der Waals surface area contributed by atoms with Crippen molar-refractivity contribution in [2.24, 2.45) is 5.92 Å². The van der Waals surface area contributed by atoms with Gasteiger partial charge in [0.05, 0.1) is 6.04 Å². The molecule has 98 valence electrons. The summed E-state index contributed by atoms with van der Waals surface area (Å²) in [6.07, 6.45) is 9.61. The Hall–Kier alpha value is -0.570. The summed E-state index contributed by atoms with van der Waals surface area (Å²) in [5.41, 5.74) is 0. The number of piperidine rings is 1. The molecule has 1 saturated heterocycles. The zero-order valence-corrected chi connectivity index (χ0v) is 11.0. The lowest BCUT2D eigenvalue weighted by atomic mass is 10.0. The number of hydrogen-bond acceptors (Lipinski definition) is 2. The highest BCUT2D eigenvalue weighted by atomic mass is 16.2. The molecule has 1 aliphatic carbocycles. The van der Waals surface area contributed by atoms with Crippen molar-refractivity contribution in [1.29, 1.82) is 0 Å². The molecule has 2 fully saturated rings. The Labute approximate surface area is 105 Å². The van der Waals surface area contributed by atoms with E-state index in [0.717, 1.165) is 18.9 Å². The lowest BCUT2D eigenvalue weighted by Crippen LogP contribution is -2.49. The van der Waals surface area contributed by atoms with E-state index in [-0.39, 0.29) is 11.9 Å². The first kappa shape index (κ1) is 12.9. The highest BCUT2D eigenvalue weighted by Gasteiger charge is 2.24. The van der Waals surface area contributed by atoms with Crippen molar-refractivity contribution in [2.75, 3.05) is 6.54 Å². The third-order valence-corrected chi connectivity index (χ3v) is 4.23. The van der Waals surface area contributed by atoms with Gasteiger partial charge >= 0.3 is 0 Å². The van der Waals surface area contributed by atoms with Gasteiger partial charge in [-0.05, 0) is 44.6 Å². The van der Waals surface area contributed by atoms with Crippen LogP contribution in [0, 0.1) is 5.92 Å². The van der Waals surface area contributed by atoms with Gasteiger partial charge in [0.25, 0.3) is 0 Å². The highest BCUT2D eigenvalue weighted by molar-refractivity contribution is 5.82. The number of amides is 1. The van der Waals surface area contributed by atoms with Crippen molar-refractivity contribution in [3.63, 3.8) is 0 Å². The molecule has 17 heavy (non-hydrogen) atoms. The van der Waals surface area contributed by atoms with Crippen LogP contribution in [-0.2, 0) is 4.79 Å². The van der Waals surface area contributed by atoms with E-state index >= 15 is 0 Å². The van der Waals surface area contributed by atoms with Gasteiger partial charge in [-0.25, -0.2) is 0 Å². The Morgan fingerprint density at radius 2 is 1.94 bits per heavy atom. The molecule has 2 aliphatic rings.